The molecule has 2 N–H and O–H groups in total. The largest absolute Gasteiger partial charge is 0.497 e. The Morgan fingerprint density at radius 1 is 1.25 bits per heavy atom. The second-order valence-corrected chi connectivity index (χ2v) is 8.05. The quantitative estimate of drug-likeness (QED) is 0.565. The molecule has 3 aromatic rings. The molecule has 1 aromatic carbocycles. The number of aryl methyl sites for hydroxylation is 2. The monoisotopic (exact) mass is 437 g/mol. The predicted molar refractivity (Wildman–Crippen MR) is 118 cm³/mol. The summed E-state index contributed by atoms with van der Waals surface area (Å²) in [6.07, 6.45) is 3.06. The topological polar surface area (TPSA) is 116 Å². The van der Waals surface area contributed by atoms with Gasteiger partial charge in [0.15, 0.2) is 5.78 Å². The molecule has 168 valence electrons. The maximum atomic E-state index is 13.1. The normalized spacial score (nSPS) is 15.8. The van der Waals surface area contributed by atoms with Gasteiger partial charge in [-0.25, -0.2) is 4.68 Å². The number of Topliss-reactive ketones (excluding diaryl/α,β-unsaturated/α-hetero) is 1. The van der Waals surface area contributed by atoms with Crippen LogP contribution in [0.3, 0.4) is 0 Å². The molecule has 1 fully saturated rings. The van der Waals surface area contributed by atoms with E-state index in [4.69, 9.17) is 15.0 Å². The molecule has 0 aliphatic carbocycles. The number of aromatic nitrogens is 3. The van der Waals surface area contributed by atoms with Crippen molar-refractivity contribution in [3.8, 4) is 11.4 Å². The first kappa shape index (κ1) is 21.6. The lowest BCUT2D eigenvalue weighted by molar-refractivity contribution is -0.130. The minimum atomic E-state index is -0.283. The van der Waals surface area contributed by atoms with Gasteiger partial charge in [0.05, 0.1) is 30.3 Å². The highest BCUT2D eigenvalue weighted by atomic mass is 16.5. The number of nitrogens with two attached hydrogens (primary N) is 1. The molecule has 2 aromatic heterocycles. The Hall–Kier alpha value is -3.62. The van der Waals surface area contributed by atoms with Crippen LogP contribution in [0.5, 0.6) is 5.75 Å². The van der Waals surface area contributed by atoms with Crippen LogP contribution in [-0.2, 0) is 11.2 Å². The molecule has 1 aliphatic rings. The lowest BCUT2D eigenvalue weighted by atomic mass is 9.98. The number of nitrogen functional groups attached to an aromatic ring is 1. The first-order chi connectivity index (χ1) is 15.4. The zero-order chi connectivity index (χ0) is 22.8. The second-order valence-electron chi connectivity index (χ2n) is 8.05. The summed E-state index contributed by atoms with van der Waals surface area (Å²) in [6.45, 7) is 4.67. The Morgan fingerprint density at radius 3 is 2.66 bits per heavy atom. The van der Waals surface area contributed by atoms with Crippen LogP contribution in [0.1, 0.15) is 40.2 Å². The van der Waals surface area contributed by atoms with E-state index in [1.54, 1.807) is 24.1 Å². The fourth-order valence-corrected chi connectivity index (χ4v) is 4.15. The van der Waals surface area contributed by atoms with Gasteiger partial charge in [-0.3, -0.25) is 9.59 Å². The maximum absolute atomic E-state index is 13.1. The highest BCUT2D eigenvalue weighted by Crippen LogP contribution is 2.26. The van der Waals surface area contributed by atoms with Crippen molar-refractivity contribution in [1.82, 2.24) is 19.8 Å². The zero-order valence-corrected chi connectivity index (χ0v) is 18.5. The average molecular weight is 438 g/mol. The molecule has 9 heteroatoms. The lowest BCUT2D eigenvalue weighted by Gasteiger charge is -2.16. The molecular formula is C23H27N5O4. The van der Waals surface area contributed by atoms with Gasteiger partial charge in [-0.2, -0.15) is 5.10 Å². The first-order valence-electron chi connectivity index (χ1n) is 10.6. The van der Waals surface area contributed by atoms with Crippen LogP contribution < -0.4 is 10.5 Å². The Morgan fingerprint density at radius 2 is 2.00 bits per heavy atom. The minimum Gasteiger partial charge on any atom is -0.497 e. The number of carbonyl (C=O) groups excluding carboxylic acids is 2. The van der Waals surface area contributed by atoms with Gasteiger partial charge in [-0.1, -0.05) is 5.16 Å². The summed E-state index contributed by atoms with van der Waals surface area (Å²) in [5.41, 5.74) is 9.17. The van der Waals surface area contributed by atoms with E-state index >= 15 is 0 Å². The van der Waals surface area contributed by atoms with E-state index in [9.17, 15) is 9.59 Å². The molecule has 0 saturated carbocycles. The average Bonchev–Trinajstić information content (AvgIpc) is 3.51. The summed E-state index contributed by atoms with van der Waals surface area (Å²) in [6, 6.07) is 7.26. The van der Waals surface area contributed by atoms with Crippen LogP contribution in [0, 0.1) is 19.8 Å². The van der Waals surface area contributed by atoms with Gasteiger partial charge < -0.3 is 19.9 Å². The van der Waals surface area contributed by atoms with Crippen molar-refractivity contribution < 1.29 is 18.8 Å². The molecule has 0 bridgehead atoms. The summed E-state index contributed by atoms with van der Waals surface area (Å²) in [5.74, 6) is 1.43. The Kier molecular flexibility index (Phi) is 5.98. The number of ether oxygens (including phenoxy) is 1. The molecule has 0 unspecified atom stereocenters. The van der Waals surface area contributed by atoms with E-state index in [1.165, 1.54) is 10.9 Å². The Labute approximate surface area is 186 Å². The second kappa shape index (κ2) is 8.86. The molecule has 1 aliphatic heterocycles. The molecule has 3 heterocycles. The van der Waals surface area contributed by atoms with Gasteiger partial charge in [0.25, 0.3) is 0 Å². The number of amides is 1. The molecule has 1 saturated heterocycles. The van der Waals surface area contributed by atoms with E-state index in [2.05, 4.69) is 10.3 Å². The van der Waals surface area contributed by atoms with Crippen molar-refractivity contribution in [3.63, 3.8) is 0 Å². The van der Waals surface area contributed by atoms with Crippen LogP contribution >= 0.6 is 0 Å². The Bertz CT molecular complexity index is 1110. The van der Waals surface area contributed by atoms with Crippen molar-refractivity contribution in [3.05, 3.63) is 53.0 Å². The van der Waals surface area contributed by atoms with E-state index in [0.717, 1.165) is 28.5 Å². The van der Waals surface area contributed by atoms with Gasteiger partial charge in [-0.05, 0) is 51.0 Å². The first-order valence-corrected chi connectivity index (χ1v) is 10.6. The third-order valence-electron chi connectivity index (χ3n) is 6.07. The molecule has 1 amide bonds. The van der Waals surface area contributed by atoms with Gasteiger partial charge in [-0.15, -0.1) is 0 Å². The molecule has 9 nitrogen and oxygen atoms in total. The number of anilines is 1. The Balaban J connectivity index is 1.39. The van der Waals surface area contributed by atoms with E-state index in [1.807, 2.05) is 26.0 Å². The van der Waals surface area contributed by atoms with E-state index < -0.39 is 0 Å². The van der Waals surface area contributed by atoms with Crippen molar-refractivity contribution in [2.75, 3.05) is 25.9 Å². The van der Waals surface area contributed by atoms with Crippen molar-refractivity contribution in [1.29, 1.82) is 0 Å². The van der Waals surface area contributed by atoms with Crippen molar-refractivity contribution in [2.24, 2.45) is 5.92 Å². The van der Waals surface area contributed by atoms with Crippen LogP contribution in [0.4, 0.5) is 5.82 Å². The molecule has 1 atom stereocenters. The SMILES string of the molecule is COc1ccc(-n2ncc(C(=O)[C@@H]3CCN(C(=O)CCc4c(C)noc4C)C3)c2N)cc1. The number of likely N-dealkylation sites (tertiary alicyclic amines) is 1. The smallest absolute Gasteiger partial charge is 0.222 e. The third kappa shape index (κ3) is 4.10. The van der Waals surface area contributed by atoms with Gasteiger partial charge in [0.2, 0.25) is 5.91 Å². The lowest BCUT2D eigenvalue weighted by Crippen LogP contribution is -2.30. The van der Waals surface area contributed by atoms with Crippen LogP contribution in [0.2, 0.25) is 0 Å². The summed E-state index contributed by atoms with van der Waals surface area (Å²) >= 11 is 0. The number of carbonyl (C=O) groups is 2. The van der Waals surface area contributed by atoms with Crippen LogP contribution in [-0.4, -0.2) is 51.7 Å². The number of hydrogen-bond acceptors (Lipinski definition) is 7. The number of rotatable bonds is 7. The van der Waals surface area contributed by atoms with Gasteiger partial charge in [0.1, 0.15) is 17.3 Å². The van der Waals surface area contributed by atoms with E-state index in [-0.39, 0.29) is 17.6 Å². The maximum Gasteiger partial charge on any atom is 0.222 e. The summed E-state index contributed by atoms with van der Waals surface area (Å²) in [5, 5.41) is 8.23. The number of nitrogens with zero attached hydrogens (tertiary/aromatic N) is 4. The highest BCUT2D eigenvalue weighted by Gasteiger charge is 2.33. The minimum absolute atomic E-state index is 0.0298. The molecule has 0 radical (unpaired) electrons. The molecule has 0 spiro atoms. The third-order valence-corrected chi connectivity index (χ3v) is 6.07. The van der Waals surface area contributed by atoms with Gasteiger partial charge in [0, 0.05) is 31.0 Å². The fraction of sp³-hybridized carbons (Fsp3) is 0.391. The fourth-order valence-electron chi connectivity index (χ4n) is 4.15. The number of hydrogen-bond donors (Lipinski definition) is 1. The number of benzene rings is 1. The van der Waals surface area contributed by atoms with Crippen LogP contribution in [0.25, 0.3) is 5.69 Å². The van der Waals surface area contributed by atoms with Crippen molar-refractivity contribution >= 4 is 17.5 Å². The number of ketones is 1. The standard InChI is InChI=1S/C23H27N5O4/c1-14-19(15(2)32-26-14)8-9-21(29)27-11-10-16(13-27)22(30)20-12-25-28(23(20)24)17-4-6-18(31-3)7-5-17/h4-7,12,16H,8-11,13,24H2,1-3H3/t16-/m1/s1. The zero-order valence-electron chi connectivity index (χ0n) is 18.5. The highest BCUT2D eigenvalue weighted by molar-refractivity contribution is 6.02. The summed E-state index contributed by atoms with van der Waals surface area (Å²) in [7, 11) is 1.60. The molecule has 32 heavy (non-hydrogen) atoms. The molecule has 4 rings (SSSR count). The molecular weight excluding hydrogens is 410 g/mol. The van der Waals surface area contributed by atoms with Crippen LogP contribution in [0.15, 0.2) is 35.0 Å². The summed E-state index contributed by atoms with van der Waals surface area (Å²) in [4.78, 5) is 27.5. The van der Waals surface area contributed by atoms with Gasteiger partial charge >= 0.3 is 0 Å². The van der Waals surface area contributed by atoms with E-state index in [0.29, 0.717) is 43.7 Å². The summed E-state index contributed by atoms with van der Waals surface area (Å²) < 4.78 is 11.9. The number of methoxy groups -OCH3 is 1. The van der Waals surface area contributed by atoms with Crippen molar-refractivity contribution in [2.45, 2.75) is 33.1 Å². The predicted octanol–water partition coefficient (Wildman–Crippen LogP) is 2.73.